The highest BCUT2D eigenvalue weighted by Crippen LogP contribution is 2.63. The van der Waals surface area contributed by atoms with E-state index in [1.54, 1.807) is 24.3 Å². The third-order valence-corrected chi connectivity index (χ3v) is 8.43. The lowest BCUT2D eigenvalue weighted by atomic mass is 9.72. The van der Waals surface area contributed by atoms with Crippen LogP contribution in [0.15, 0.2) is 72.8 Å². The van der Waals surface area contributed by atoms with Gasteiger partial charge in [-0.3, -0.25) is 0 Å². The normalized spacial score (nSPS) is 17.5. The van der Waals surface area contributed by atoms with Crippen molar-refractivity contribution < 1.29 is 19.7 Å². The van der Waals surface area contributed by atoms with E-state index in [1.807, 2.05) is 12.1 Å². The Balaban J connectivity index is 1.45. The molecule has 0 fully saturated rings. The zero-order valence-corrected chi connectivity index (χ0v) is 22.7. The first-order chi connectivity index (χ1) is 18.4. The zero-order chi connectivity index (χ0) is 27.7. The summed E-state index contributed by atoms with van der Waals surface area (Å²) in [6, 6.07) is 22.6. The van der Waals surface area contributed by atoms with Crippen molar-refractivity contribution in [2.24, 2.45) is 0 Å². The van der Waals surface area contributed by atoms with Gasteiger partial charge in [0, 0.05) is 17.5 Å². The quantitative estimate of drug-likeness (QED) is 0.163. The van der Waals surface area contributed by atoms with Crippen LogP contribution in [0.3, 0.4) is 0 Å². The number of ether oxygens (including phenoxy) is 2. The predicted octanol–water partition coefficient (Wildman–Crippen LogP) is 7.50. The standard InChI is InChI=1S/C33H34N2O4/c1-31(2)17-33(25-13-19(5-9-23(25)31)38-21-7-11-27(34)29(36)15-21)18-32(3,4)24-10-6-20(14-26(24)33)39-22-8-12-28(35)30(37)16-22/h5-16,36-37H,17-18,34-35H2,1-4H3. The summed E-state index contributed by atoms with van der Waals surface area (Å²) < 4.78 is 12.4. The van der Waals surface area contributed by atoms with Crippen LogP contribution in [0.4, 0.5) is 11.4 Å². The maximum absolute atomic E-state index is 10.1. The average molecular weight is 523 g/mol. The second-order valence-electron chi connectivity index (χ2n) is 12.3. The molecule has 39 heavy (non-hydrogen) atoms. The van der Waals surface area contributed by atoms with Crippen molar-refractivity contribution >= 4 is 11.4 Å². The van der Waals surface area contributed by atoms with E-state index in [-0.39, 0.29) is 27.7 Å². The minimum atomic E-state index is -0.219. The fraction of sp³-hybridized carbons (Fsp3) is 0.273. The van der Waals surface area contributed by atoms with Gasteiger partial charge >= 0.3 is 0 Å². The third kappa shape index (κ3) is 4.02. The summed E-state index contributed by atoms with van der Waals surface area (Å²) in [5, 5.41) is 20.1. The fourth-order valence-electron chi connectivity index (χ4n) is 6.88. The molecule has 0 heterocycles. The van der Waals surface area contributed by atoms with Crippen molar-refractivity contribution in [3.8, 4) is 34.5 Å². The first-order valence-electron chi connectivity index (χ1n) is 13.2. The Morgan fingerprint density at radius 2 is 0.897 bits per heavy atom. The van der Waals surface area contributed by atoms with Crippen LogP contribution in [-0.2, 0) is 16.2 Å². The molecule has 0 saturated heterocycles. The molecule has 0 saturated carbocycles. The summed E-state index contributed by atoms with van der Waals surface area (Å²) in [4.78, 5) is 0. The second kappa shape index (κ2) is 8.34. The number of anilines is 2. The Bertz CT molecular complexity index is 1500. The third-order valence-electron chi connectivity index (χ3n) is 8.43. The summed E-state index contributed by atoms with van der Waals surface area (Å²) in [6.07, 6.45) is 1.92. The zero-order valence-electron chi connectivity index (χ0n) is 22.7. The van der Waals surface area contributed by atoms with E-state index < -0.39 is 0 Å². The molecule has 6 nitrogen and oxygen atoms in total. The lowest BCUT2D eigenvalue weighted by Crippen LogP contribution is -2.27. The van der Waals surface area contributed by atoms with E-state index in [1.165, 1.54) is 34.4 Å². The van der Waals surface area contributed by atoms with Gasteiger partial charge in [-0.2, -0.15) is 0 Å². The van der Waals surface area contributed by atoms with Crippen molar-refractivity contribution in [2.75, 3.05) is 11.5 Å². The number of aromatic hydroxyl groups is 2. The Morgan fingerprint density at radius 1 is 0.538 bits per heavy atom. The number of phenols is 2. The Kier molecular flexibility index (Phi) is 5.34. The smallest absolute Gasteiger partial charge is 0.142 e. The van der Waals surface area contributed by atoms with Gasteiger partial charge in [0.1, 0.15) is 34.5 Å². The summed E-state index contributed by atoms with van der Waals surface area (Å²) in [7, 11) is 0. The molecule has 2 aliphatic rings. The van der Waals surface area contributed by atoms with Gasteiger partial charge in [-0.05, 0) is 94.5 Å². The van der Waals surface area contributed by atoms with Gasteiger partial charge in [0.2, 0.25) is 0 Å². The molecule has 6 rings (SSSR count). The highest BCUT2D eigenvalue weighted by molar-refractivity contribution is 5.63. The Labute approximate surface area is 228 Å². The first kappa shape index (κ1) is 25.0. The summed E-state index contributed by atoms with van der Waals surface area (Å²) >= 11 is 0. The van der Waals surface area contributed by atoms with E-state index in [0.29, 0.717) is 34.4 Å². The second-order valence-corrected chi connectivity index (χ2v) is 12.3. The largest absolute Gasteiger partial charge is 0.506 e. The van der Waals surface area contributed by atoms with Gasteiger partial charge in [-0.15, -0.1) is 0 Å². The molecule has 0 aromatic heterocycles. The van der Waals surface area contributed by atoms with Gasteiger partial charge in [-0.25, -0.2) is 0 Å². The summed E-state index contributed by atoms with van der Waals surface area (Å²) in [5.74, 6) is 2.49. The lowest BCUT2D eigenvalue weighted by molar-refractivity contribution is 0.349. The van der Waals surface area contributed by atoms with E-state index in [4.69, 9.17) is 20.9 Å². The number of fused-ring (bicyclic) bond motifs is 4. The molecule has 0 atom stereocenters. The van der Waals surface area contributed by atoms with Crippen LogP contribution >= 0.6 is 0 Å². The number of benzene rings is 4. The molecular formula is C33H34N2O4. The minimum absolute atomic E-state index is 0.000292. The topological polar surface area (TPSA) is 111 Å². The van der Waals surface area contributed by atoms with Gasteiger partial charge in [-0.1, -0.05) is 39.8 Å². The number of phenolic OH excluding ortho intramolecular Hbond substituents is 2. The molecule has 0 radical (unpaired) electrons. The van der Waals surface area contributed by atoms with Crippen LogP contribution in [0, 0.1) is 0 Å². The molecule has 0 unspecified atom stereocenters. The SMILES string of the molecule is CC1(C)CC2(CC(C)(C)c3ccc(Oc4ccc(N)c(O)c4)cc32)c2cc(Oc3ccc(N)c(O)c3)ccc21. The summed E-state index contributed by atoms with van der Waals surface area (Å²) in [5.41, 5.74) is 17.0. The highest BCUT2D eigenvalue weighted by atomic mass is 16.5. The van der Waals surface area contributed by atoms with E-state index in [2.05, 4.69) is 52.0 Å². The van der Waals surface area contributed by atoms with Crippen LogP contribution in [0.2, 0.25) is 0 Å². The monoisotopic (exact) mass is 522 g/mol. The molecule has 0 aliphatic heterocycles. The number of rotatable bonds is 4. The maximum atomic E-state index is 10.1. The van der Waals surface area contributed by atoms with Crippen molar-refractivity contribution in [1.82, 2.24) is 0 Å². The molecule has 6 heteroatoms. The first-order valence-corrected chi connectivity index (χ1v) is 13.2. The van der Waals surface area contributed by atoms with Crippen molar-refractivity contribution in [1.29, 1.82) is 0 Å². The molecule has 200 valence electrons. The minimum Gasteiger partial charge on any atom is -0.506 e. The molecule has 0 amide bonds. The molecule has 0 bridgehead atoms. The highest BCUT2D eigenvalue weighted by Gasteiger charge is 2.56. The van der Waals surface area contributed by atoms with E-state index >= 15 is 0 Å². The lowest BCUT2D eigenvalue weighted by Gasteiger charge is -2.30. The van der Waals surface area contributed by atoms with Crippen LogP contribution < -0.4 is 20.9 Å². The van der Waals surface area contributed by atoms with Gasteiger partial charge in [0.15, 0.2) is 0 Å². The van der Waals surface area contributed by atoms with Crippen molar-refractivity contribution in [3.05, 3.63) is 95.1 Å². The number of hydrogen-bond donors (Lipinski definition) is 4. The van der Waals surface area contributed by atoms with Gasteiger partial charge < -0.3 is 31.2 Å². The molecule has 6 N–H and O–H groups in total. The van der Waals surface area contributed by atoms with Crippen LogP contribution in [-0.4, -0.2) is 10.2 Å². The number of nitrogen functional groups attached to an aromatic ring is 2. The maximum Gasteiger partial charge on any atom is 0.142 e. The van der Waals surface area contributed by atoms with E-state index in [0.717, 1.165) is 12.8 Å². The molecule has 2 aliphatic carbocycles. The Morgan fingerprint density at radius 3 is 1.28 bits per heavy atom. The van der Waals surface area contributed by atoms with Crippen molar-refractivity contribution in [2.45, 2.75) is 56.8 Å². The predicted molar refractivity (Wildman–Crippen MR) is 154 cm³/mol. The molecule has 4 aromatic carbocycles. The fourth-order valence-corrected chi connectivity index (χ4v) is 6.88. The van der Waals surface area contributed by atoms with Crippen LogP contribution in [0.5, 0.6) is 34.5 Å². The molecule has 1 spiro atoms. The van der Waals surface area contributed by atoms with Gasteiger partial charge in [0.05, 0.1) is 11.4 Å². The van der Waals surface area contributed by atoms with Crippen molar-refractivity contribution in [3.63, 3.8) is 0 Å². The van der Waals surface area contributed by atoms with Crippen LogP contribution in [0.1, 0.15) is 62.8 Å². The summed E-state index contributed by atoms with van der Waals surface area (Å²) in [6.45, 7) is 9.23. The van der Waals surface area contributed by atoms with Gasteiger partial charge in [0.25, 0.3) is 0 Å². The van der Waals surface area contributed by atoms with Crippen LogP contribution in [0.25, 0.3) is 0 Å². The Hall–Kier alpha value is -4.32. The molecular weight excluding hydrogens is 488 g/mol. The number of hydrogen-bond acceptors (Lipinski definition) is 6. The average Bonchev–Trinajstić information content (AvgIpc) is 3.23. The van der Waals surface area contributed by atoms with E-state index in [9.17, 15) is 10.2 Å². The molecule has 4 aromatic rings. The number of nitrogens with two attached hydrogens (primary N) is 2.